The molecule has 9 nitrogen and oxygen atoms in total. The molecule has 1 aromatic carbocycles. The molecule has 2 amide bonds. The topological polar surface area (TPSA) is 97.5 Å². The number of halogens is 2. The van der Waals surface area contributed by atoms with Crippen molar-refractivity contribution in [3.8, 4) is 0 Å². The van der Waals surface area contributed by atoms with Crippen LogP contribution in [0.1, 0.15) is 49.5 Å². The van der Waals surface area contributed by atoms with Crippen LogP contribution in [-0.2, 0) is 38.9 Å². The lowest BCUT2D eigenvalue weighted by Gasteiger charge is -2.33. The summed E-state index contributed by atoms with van der Waals surface area (Å²) in [5, 5.41) is 1.15. The molecule has 2 aliphatic rings. The Kier molecular flexibility index (Phi) is 8.98. The molecule has 1 saturated heterocycles. The smallest absolute Gasteiger partial charge is 0.242 e. The number of sulfone groups is 1. The van der Waals surface area contributed by atoms with Crippen molar-refractivity contribution in [1.29, 1.82) is 0 Å². The number of piperidine rings is 1. The minimum absolute atomic E-state index is 0. The summed E-state index contributed by atoms with van der Waals surface area (Å²) < 4.78 is 30.7. The third-order valence-electron chi connectivity index (χ3n) is 7.79. The Morgan fingerprint density at radius 1 is 1.10 bits per heavy atom. The lowest BCUT2D eigenvalue weighted by Crippen LogP contribution is -2.39. The molecule has 0 bridgehead atoms. The number of nitrogens with zero attached hydrogens (tertiary/aromatic N) is 5. The summed E-state index contributed by atoms with van der Waals surface area (Å²) in [6.07, 6.45) is 7.00. The van der Waals surface area contributed by atoms with E-state index in [-0.39, 0.29) is 48.0 Å². The van der Waals surface area contributed by atoms with Gasteiger partial charge in [-0.15, -0.1) is 12.4 Å². The van der Waals surface area contributed by atoms with Crippen molar-refractivity contribution in [1.82, 2.24) is 23.9 Å². The van der Waals surface area contributed by atoms with Crippen LogP contribution in [0, 0.1) is 0 Å². The number of fused-ring (bicyclic) bond motifs is 2. The van der Waals surface area contributed by atoms with Gasteiger partial charge in [-0.05, 0) is 49.9 Å². The number of amides is 2. The van der Waals surface area contributed by atoms with Crippen LogP contribution in [0.4, 0.5) is 0 Å². The molecule has 12 heteroatoms. The van der Waals surface area contributed by atoms with E-state index in [4.69, 9.17) is 11.6 Å². The van der Waals surface area contributed by atoms with E-state index in [1.165, 1.54) is 33.8 Å². The van der Waals surface area contributed by atoms with E-state index in [1.54, 1.807) is 43.3 Å². The fourth-order valence-corrected chi connectivity index (χ4v) is 7.23. The Labute approximate surface area is 240 Å². The quantitative estimate of drug-likeness (QED) is 0.412. The molecular formula is C27H35Cl2N5O4S. The molecule has 1 fully saturated rings. The molecule has 0 spiro atoms. The summed E-state index contributed by atoms with van der Waals surface area (Å²) >= 11 is 6.13. The molecule has 2 aromatic heterocycles. The maximum atomic E-state index is 13.4. The number of carbonyl (C=O) groups excluding carboxylic acids is 2. The molecule has 212 valence electrons. The summed E-state index contributed by atoms with van der Waals surface area (Å²) in [5.74, 6) is 0.841. The molecule has 4 heterocycles. The van der Waals surface area contributed by atoms with Crippen molar-refractivity contribution in [2.24, 2.45) is 0 Å². The molecule has 3 aromatic rings. The van der Waals surface area contributed by atoms with Gasteiger partial charge in [0.05, 0.1) is 5.75 Å². The normalized spacial score (nSPS) is 16.1. The van der Waals surface area contributed by atoms with Gasteiger partial charge in [-0.2, -0.15) is 0 Å². The highest BCUT2D eigenvalue weighted by atomic mass is 35.5. The van der Waals surface area contributed by atoms with Crippen LogP contribution in [0.25, 0.3) is 10.9 Å². The van der Waals surface area contributed by atoms with Crippen LogP contribution in [0.2, 0.25) is 5.02 Å². The van der Waals surface area contributed by atoms with Gasteiger partial charge in [0.2, 0.25) is 11.8 Å². The third-order valence-corrected chi connectivity index (χ3v) is 9.74. The molecule has 0 radical (unpaired) electrons. The number of benzene rings is 1. The summed E-state index contributed by atoms with van der Waals surface area (Å²) in [4.78, 5) is 33.3. The predicted octanol–water partition coefficient (Wildman–Crippen LogP) is 3.91. The first-order valence-corrected chi connectivity index (χ1v) is 15.2. The number of aryl methyl sites for hydroxylation is 1. The maximum absolute atomic E-state index is 13.4. The van der Waals surface area contributed by atoms with Crippen LogP contribution in [0.15, 0.2) is 35.5 Å². The largest absolute Gasteiger partial charge is 0.347 e. The van der Waals surface area contributed by atoms with Crippen molar-refractivity contribution >= 4 is 56.6 Å². The minimum Gasteiger partial charge on any atom is -0.347 e. The summed E-state index contributed by atoms with van der Waals surface area (Å²) in [6.45, 7) is 2.12. The Balaban J connectivity index is 0.00000353. The first kappa shape index (κ1) is 29.4. The van der Waals surface area contributed by atoms with Gasteiger partial charge in [0.25, 0.3) is 0 Å². The lowest BCUT2D eigenvalue weighted by atomic mass is 9.93. The van der Waals surface area contributed by atoms with Gasteiger partial charge in [-0.25, -0.2) is 13.4 Å². The Hall–Kier alpha value is -2.56. The number of likely N-dealkylation sites (tertiary alicyclic amines) is 1. The Morgan fingerprint density at radius 3 is 2.56 bits per heavy atom. The molecule has 39 heavy (non-hydrogen) atoms. The standard InChI is InChI=1S/C27H34ClN5O4S.ClH/c1-30(2)26(35)18-33-22-7-6-21(28)15-20(22)16-27(33)38(36,37)14-10-25(34)31-12-8-19(9-13-31)23-17-29-24-5-3-4-11-32(23)24;/h6-7,15-17,19H,3-5,8-14,18H2,1-2H3;1H. The van der Waals surface area contributed by atoms with E-state index in [0.717, 1.165) is 25.8 Å². The number of rotatable bonds is 7. The molecule has 0 unspecified atom stereocenters. The van der Waals surface area contributed by atoms with Gasteiger partial charge in [-0.1, -0.05) is 11.6 Å². The fraction of sp³-hybridized carbons (Fsp3) is 0.519. The number of hydrogen-bond donors (Lipinski definition) is 0. The molecular weight excluding hydrogens is 561 g/mol. The van der Waals surface area contributed by atoms with Crippen LogP contribution >= 0.6 is 24.0 Å². The zero-order chi connectivity index (χ0) is 27.0. The van der Waals surface area contributed by atoms with Gasteiger partial charge in [0, 0.05) is 80.3 Å². The second-order valence-corrected chi connectivity index (χ2v) is 13.0. The second kappa shape index (κ2) is 11.9. The highest BCUT2D eigenvalue weighted by Gasteiger charge is 2.29. The van der Waals surface area contributed by atoms with E-state index in [0.29, 0.717) is 34.9 Å². The van der Waals surface area contributed by atoms with Gasteiger partial charge in [-0.3, -0.25) is 9.59 Å². The highest BCUT2D eigenvalue weighted by molar-refractivity contribution is 7.91. The molecule has 2 aliphatic heterocycles. The maximum Gasteiger partial charge on any atom is 0.242 e. The minimum atomic E-state index is -3.84. The summed E-state index contributed by atoms with van der Waals surface area (Å²) in [7, 11) is -0.582. The van der Waals surface area contributed by atoms with Crippen LogP contribution < -0.4 is 0 Å². The van der Waals surface area contributed by atoms with Crippen LogP contribution in [0.3, 0.4) is 0 Å². The van der Waals surface area contributed by atoms with E-state index < -0.39 is 9.84 Å². The van der Waals surface area contributed by atoms with Crippen molar-refractivity contribution in [2.45, 2.75) is 62.6 Å². The van der Waals surface area contributed by atoms with Crippen molar-refractivity contribution in [3.05, 3.63) is 47.0 Å². The van der Waals surface area contributed by atoms with Gasteiger partial charge in [0.1, 0.15) is 17.4 Å². The molecule has 0 N–H and O–H groups in total. The van der Waals surface area contributed by atoms with Crippen LogP contribution in [0.5, 0.6) is 0 Å². The first-order valence-electron chi connectivity index (χ1n) is 13.2. The number of carbonyl (C=O) groups is 2. The van der Waals surface area contributed by atoms with E-state index >= 15 is 0 Å². The van der Waals surface area contributed by atoms with Crippen molar-refractivity contribution in [3.63, 3.8) is 0 Å². The SMILES string of the molecule is CN(C)C(=O)Cn1c(S(=O)(=O)CCC(=O)N2CCC(c3cnc4n3CCCC4)CC2)cc2cc(Cl)ccc21.Cl. The fourth-order valence-electron chi connectivity index (χ4n) is 5.59. The van der Waals surface area contributed by atoms with Gasteiger partial charge in [0.15, 0.2) is 9.84 Å². The van der Waals surface area contributed by atoms with Crippen molar-refractivity contribution in [2.75, 3.05) is 32.9 Å². The molecule has 5 rings (SSSR count). The number of hydrogen-bond acceptors (Lipinski definition) is 5. The number of aromatic nitrogens is 3. The average molecular weight is 597 g/mol. The van der Waals surface area contributed by atoms with Gasteiger partial charge >= 0.3 is 0 Å². The number of likely N-dealkylation sites (N-methyl/N-ethyl adjacent to an activating group) is 1. The highest BCUT2D eigenvalue weighted by Crippen LogP contribution is 2.31. The van der Waals surface area contributed by atoms with E-state index in [9.17, 15) is 18.0 Å². The second-order valence-electron chi connectivity index (χ2n) is 10.5. The molecule has 0 atom stereocenters. The Morgan fingerprint density at radius 2 is 1.85 bits per heavy atom. The van der Waals surface area contributed by atoms with Crippen molar-refractivity contribution < 1.29 is 18.0 Å². The Bertz CT molecular complexity index is 1470. The summed E-state index contributed by atoms with van der Waals surface area (Å²) in [5.41, 5.74) is 1.88. The van der Waals surface area contributed by atoms with E-state index in [1.807, 2.05) is 6.20 Å². The van der Waals surface area contributed by atoms with Crippen LogP contribution in [-0.4, -0.2) is 77.1 Å². The predicted molar refractivity (Wildman–Crippen MR) is 153 cm³/mol. The monoisotopic (exact) mass is 595 g/mol. The van der Waals surface area contributed by atoms with Gasteiger partial charge < -0.3 is 18.9 Å². The zero-order valence-corrected chi connectivity index (χ0v) is 24.7. The third kappa shape index (κ3) is 6.12. The summed E-state index contributed by atoms with van der Waals surface area (Å²) in [6, 6.07) is 6.61. The van der Waals surface area contributed by atoms with E-state index in [2.05, 4.69) is 9.55 Å². The molecule has 0 saturated carbocycles. The lowest BCUT2D eigenvalue weighted by molar-refractivity contribution is -0.132. The molecule has 0 aliphatic carbocycles. The average Bonchev–Trinajstić information content (AvgIpc) is 3.49. The first-order chi connectivity index (χ1) is 18.1. The zero-order valence-electron chi connectivity index (χ0n) is 22.3. The number of imidazole rings is 1.